The fraction of sp³-hybridized carbons (Fsp3) is 0.233. The standard InChI is InChI=1S/C30H29ClN4O6/c1-19-25(18-28(36)32-15-3-4-16-33-29(37)20-7-11-23(12-8-20)35(39)40)26-17-24(41-2)13-14-27(26)34(19)30(38)21-5-9-22(31)10-6-21/h5-14,17H,3-4,15-16,18H2,1-2H3,(H,32,36)(H,33,37). The second-order valence-electron chi connectivity index (χ2n) is 9.39. The van der Waals surface area contributed by atoms with Gasteiger partial charge >= 0.3 is 0 Å². The molecule has 0 aliphatic heterocycles. The highest BCUT2D eigenvalue weighted by atomic mass is 35.5. The molecule has 0 aliphatic rings. The molecule has 1 aromatic heterocycles. The summed E-state index contributed by atoms with van der Waals surface area (Å²) in [5.41, 5.74) is 2.80. The van der Waals surface area contributed by atoms with Gasteiger partial charge in [-0.25, -0.2) is 0 Å². The average Bonchev–Trinajstić information content (AvgIpc) is 3.24. The number of carbonyl (C=O) groups is 3. The Labute approximate surface area is 241 Å². The van der Waals surface area contributed by atoms with Crippen LogP contribution in [0, 0.1) is 17.0 Å². The molecular formula is C30H29ClN4O6. The largest absolute Gasteiger partial charge is 0.497 e. The van der Waals surface area contributed by atoms with E-state index in [1.807, 2.05) is 13.0 Å². The minimum atomic E-state index is -0.521. The zero-order chi connectivity index (χ0) is 29.5. The minimum absolute atomic E-state index is 0.0767. The van der Waals surface area contributed by atoms with Gasteiger partial charge in [0.2, 0.25) is 5.91 Å². The number of nitro benzene ring substituents is 1. The second kappa shape index (κ2) is 13.1. The third-order valence-electron chi connectivity index (χ3n) is 6.73. The highest BCUT2D eigenvalue weighted by molar-refractivity contribution is 6.30. The molecule has 0 radical (unpaired) electrons. The summed E-state index contributed by atoms with van der Waals surface area (Å²) >= 11 is 5.99. The molecular weight excluding hydrogens is 548 g/mol. The van der Waals surface area contributed by atoms with Crippen molar-refractivity contribution in [3.05, 3.63) is 104 Å². The predicted molar refractivity (Wildman–Crippen MR) is 156 cm³/mol. The van der Waals surface area contributed by atoms with Gasteiger partial charge in [-0.3, -0.25) is 29.1 Å². The van der Waals surface area contributed by atoms with Crippen LogP contribution in [0.5, 0.6) is 5.75 Å². The quantitative estimate of drug-likeness (QED) is 0.145. The summed E-state index contributed by atoms with van der Waals surface area (Å²) in [6.45, 7) is 2.62. The van der Waals surface area contributed by atoms with E-state index in [2.05, 4.69) is 10.6 Å². The van der Waals surface area contributed by atoms with E-state index in [1.165, 1.54) is 24.3 Å². The summed E-state index contributed by atoms with van der Waals surface area (Å²) in [5.74, 6) is -0.119. The molecule has 0 unspecified atom stereocenters. The molecule has 3 aromatic carbocycles. The van der Waals surface area contributed by atoms with Crippen molar-refractivity contribution in [2.24, 2.45) is 0 Å². The number of nitro groups is 1. The number of carbonyl (C=O) groups excluding carboxylic acids is 3. The molecule has 4 rings (SSSR count). The average molecular weight is 577 g/mol. The lowest BCUT2D eigenvalue weighted by molar-refractivity contribution is -0.384. The molecule has 11 heteroatoms. The number of aromatic nitrogens is 1. The number of hydrogen-bond donors (Lipinski definition) is 2. The summed E-state index contributed by atoms with van der Waals surface area (Å²) in [6.07, 6.45) is 1.34. The van der Waals surface area contributed by atoms with E-state index >= 15 is 0 Å². The Morgan fingerprint density at radius 2 is 1.56 bits per heavy atom. The fourth-order valence-corrected chi connectivity index (χ4v) is 4.66. The Morgan fingerprint density at radius 3 is 2.20 bits per heavy atom. The Hall–Kier alpha value is -4.70. The van der Waals surface area contributed by atoms with E-state index in [-0.39, 0.29) is 29.8 Å². The van der Waals surface area contributed by atoms with Crippen molar-refractivity contribution < 1.29 is 24.0 Å². The maximum absolute atomic E-state index is 13.4. The van der Waals surface area contributed by atoms with Crippen molar-refractivity contribution >= 4 is 45.9 Å². The summed E-state index contributed by atoms with van der Waals surface area (Å²) in [4.78, 5) is 48.8. The number of rotatable bonds is 11. The molecule has 212 valence electrons. The highest BCUT2D eigenvalue weighted by Gasteiger charge is 2.22. The molecule has 0 fully saturated rings. The van der Waals surface area contributed by atoms with Gasteiger partial charge in [-0.15, -0.1) is 0 Å². The Kier molecular flexibility index (Phi) is 9.36. The number of hydrogen-bond acceptors (Lipinski definition) is 6. The number of ether oxygens (including phenoxy) is 1. The Bertz CT molecular complexity index is 1600. The van der Waals surface area contributed by atoms with Crippen molar-refractivity contribution in [1.82, 2.24) is 15.2 Å². The summed E-state index contributed by atoms with van der Waals surface area (Å²) in [7, 11) is 1.56. The van der Waals surface area contributed by atoms with Crippen LogP contribution in [0.15, 0.2) is 66.7 Å². The maximum Gasteiger partial charge on any atom is 0.269 e. The van der Waals surface area contributed by atoms with Crippen LogP contribution in [-0.4, -0.2) is 47.4 Å². The van der Waals surface area contributed by atoms with Crippen molar-refractivity contribution in [3.8, 4) is 5.75 Å². The number of halogens is 1. The lowest BCUT2D eigenvalue weighted by atomic mass is 10.1. The van der Waals surface area contributed by atoms with Gasteiger partial charge in [0.25, 0.3) is 17.5 Å². The number of non-ortho nitro benzene ring substituents is 1. The molecule has 2 N–H and O–H groups in total. The number of methoxy groups -OCH3 is 1. The van der Waals surface area contributed by atoms with Crippen LogP contribution >= 0.6 is 11.6 Å². The molecule has 41 heavy (non-hydrogen) atoms. The van der Waals surface area contributed by atoms with E-state index in [9.17, 15) is 24.5 Å². The highest BCUT2D eigenvalue weighted by Crippen LogP contribution is 2.31. The summed E-state index contributed by atoms with van der Waals surface area (Å²) in [6, 6.07) is 17.4. The number of fused-ring (bicyclic) bond motifs is 1. The molecule has 0 saturated carbocycles. The first-order valence-electron chi connectivity index (χ1n) is 13.0. The zero-order valence-corrected chi connectivity index (χ0v) is 23.4. The molecule has 0 atom stereocenters. The number of nitrogens with zero attached hydrogens (tertiary/aromatic N) is 2. The Morgan fingerprint density at radius 1 is 0.927 bits per heavy atom. The second-order valence-corrected chi connectivity index (χ2v) is 9.82. The van der Waals surface area contributed by atoms with Crippen LogP contribution in [0.3, 0.4) is 0 Å². The SMILES string of the molecule is COc1ccc2c(c1)c(CC(=O)NCCCCNC(=O)c1ccc([N+](=O)[O-])cc1)c(C)n2C(=O)c1ccc(Cl)cc1. The number of unbranched alkanes of at least 4 members (excludes halogenated alkanes) is 1. The van der Waals surface area contributed by atoms with Crippen molar-refractivity contribution in [3.63, 3.8) is 0 Å². The van der Waals surface area contributed by atoms with Crippen LogP contribution in [-0.2, 0) is 11.2 Å². The smallest absolute Gasteiger partial charge is 0.269 e. The van der Waals surface area contributed by atoms with Gasteiger partial charge in [0.1, 0.15) is 5.75 Å². The first-order chi connectivity index (χ1) is 19.7. The molecule has 0 saturated heterocycles. The van der Waals surface area contributed by atoms with E-state index in [4.69, 9.17) is 16.3 Å². The number of amides is 2. The number of nitrogens with one attached hydrogen (secondary N) is 2. The van der Waals surface area contributed by atoms with E-state index < -0.39 is 4.92 Å². The van der Waals surface area contributed by atoms with Gasteiger partial charge in [0, 0.05) is 52.5 Å². The first kappa shape index (κ1) is 29.3. The molecule has 2 amide bonds. The van der Waals surface area contributed by atoms with Gasteiger partial charge in [-0.2, -0.15) is 0 Å². The molecule has 4 aromatic rings. The molecule has 0 aliphatic carbocycles. The van der Waals surface area contributed by atoms with E-state index in [0.717, 1.165) is 10.9 Å². The van der Waals surface area contributed by atoms with Gasteiger partial charge in [-0.05, 0) is 79.9 Å². The third kappa shape index (κ3) is 6.90. The Balaban J connectivity index is 1.35. The van der Waals surface area contributed by atoms with Crippen LogP contribution in [0.25, 0.3) is 10.9 Å². The minimum Gasteiger partial charge on any atom is -0.497 e. The van der Waals surface area contributed by atoms with E-state index in [0.29, 0.717) is 59.0 Å². The predicted octanol–water partition coefficient (Wildman–Crippen LogP) is 5.08. The monoisotopic (exact) mass is 576 g/mol. The molecule has 0 spiro atoms. The number of benzene rings is 3. The fourth-order valence-electron chi connectivity index (χ4n) is 4.54. The zero-order valence-electron chi connectivity index (χ0n) is 22.6. The maximum atomic E-state index is 13.4. The van der Waals surface area contributed by atoms with Gasteiger partial charge in [-0.1, -0.05) is 11.6 Å². The lowest BCUT2D eigenvalue weighted by Crippen LogP contribution is -2.28. The molecule has 1 heterocycles. The topological polar surface area (TPSA) is 133 Å². The molecule has 10 nitrogen and oxygen atoms in total. The third-order valence-corrected chi connectivity index (χ3v) is 6.98. The van der Waals surface area contributed by atoms with Gasteiger partial charge in [0.15, 0.2) is 0 Å². The van der Waals surface area contributed by atoms with Crippen molar-refractivity contribution in [2.45, 2.75) is 26.2 Å². The molecule has 0 bridgehead atoms. The summed E-state index contributed by atoms with van der Waals surface area (Å²) in [5, 5.41) is 17.7. The van der Waals surface area contributed by atoms with E-state index in [1.54, 1.807) is 48.1 Å². The van der Waals surface area contributed by atoms with Gasteiger partial charge in [0.05, 0.1) is 24.0 Å². The van der Waals surface area contributed by atoms with Crippen LogP contribution < -0.4 is 15.4 Å². The van der Waals surface area contributed by atoms with Crippen LogP contribution in [0.1, 0.15) is 44.8 Å². The van der Waals surface area contributed by atoms with Crippen molar-refractivity contribution in [1.29, 1.82) is 0 Å². The normalized spacial score (nSPS) is 10.8. The van der Waals surface area contributed by atoms with Gasteiger partial charge < -0.3 is 15.4 Å². The van der Waals surface area contributed by atoms with Crippen LogP contribution in [0.4, 0.5) is 5.69 Å². The van der Waals surface area contributed by atoms with Crippen LogP contribution in [0.2, 0.25) is 5.02 Å². The summed E-state index contributed by atoms with van der Waals surface area (Å²) < 4.78 is 6.99. The first-order valence-corrected chi connectivity index (χ1v) is 13.3. The lowest BCUT2D eigenvalue weighted by Gasteiger charge is -2.09. The van der Waals surface area contributed by atoms with Crippen molar-refractivity contribution in [2.75, 3.05) is 20.2 Å².